The fraction of sp³-hybridized carbons (Fsp3) is 0.625. The summed E-state index contributed by atoms with van der Waals surface area (Å²) in [6.45, 7) is 4.94. The molecule has 2 aromatic rings. The van der Waals surface area contributed by atoms with Crippen LogP contribution in [-0.4, -0.2) is 39.4 Å². The van der Waals surface area contributed by atoms with Crippen molar-refractivity contribution in [1.29, 1.82) is 0 Å². The lowest BCUT2D eigenvalue weighted by atomic mass is 10.0. The molecule has 0 aromatic carbocycles. The summed E-state index contributed by atoms with van der Waals surface area (Å²) >= 11 is 0. The van der Waals surface area contributed by atoms with Gasteiger partial charge >= 0.3 is 0 Å². The number of furan rings is 1. The lowest BCUT2D eigenvalue weighted by molar-refractivity contribution is 0.0128. The van der Waals surface area contributed by atoms with Crippen molar-refractivity contribution in [1.82, 2.24) is 15.1 Å². The number of aryl methyl sites for hydroxylation is 2. The molecule has 6 heteroatoms. The van der Waals surface area contributed by atoms with Crippen LogP contribution in [0.25, 0.3) is 11.5 Å². The SMILES string of the molecule is Cc1cc(-c2nnc(CN(C)CC3(O)CCCC3)o2)c(C)o1. The second-order valence-electron chi connectivity index (χ2n) is 6.43. The molecule has 1 fully saturated rings. The predicted octanol–water partition coefficient (Wildman–Crippen LogP) is 2.68. The Kier molecular flexibility index (Phi) is 4.06. The molecule has 0 amide bonds. The van der Waals surface area contributed by atoms with Crippen molar-refractivity contribution < 1.29 is 13.9 Å². The molecule has 1 aliphatic carbocycles. The number of hydrogen-bond acceptors (Lipinski definition) is 6. The minimum Gasteiger partial charge on any atom is -0.466 e. The number of rotatable bonds is 5. The Hall–Kier alpha value is -1.66. The quantitative estimate of drug-likeness (QED) is 0.915. The van der Waals surface area contributed by atoms with Gasteiger partial charge in [-0.2, -0.15) is 0 Å². The van der Waals surface area contributed by atoms with Crippen molar-refractivity contribution in [3.05, 3.63) is 23.5 Å². The molecule has 2 heterocycles. The monoisotopic (exact) mass is 305 g/mol. The van der Waals surface area contributed by atoms with Crippen LogP contribution in [0.2, 0.25) is 0 Å². The van der Waals surface area contributed by atoms with Gasteiger partial charge in [0.1, 0.15) is 11.5 Å². The van der Waals surface area contributed by atoms with Gasteiger partial charge in [0.05, 0.1) is 17.7 Å². The number of aromatic nitrogens is 2. The molecular formula is C16H23N3O3. The minimum atomic E-state index is -0.560. The second kappa shape index (κ2) is 5.85. The van der Waals surface area contributed by atoms with Gasteiger partial charge in [-0.3, -0.25) is 4.90 Å². The van der Waals surface area contributed by atoms with E-state index < -0.39 is 5.60 Å². The molecule has 6 nitrogen and oxygen atoms in total. The minimum absolute atomic E-state index is 0.484. The molecule has 3 rings (SSSR count). The Balaban J connectivity index is 1.65. The van der Waals surface area contributed by atoms with E-state index in [4.69, 9.17) is 8.83 Å². The van der Waals surface area contributed by atoms with Crippen molar-refractivity contribution in [2.24, 2.45) is 0 Å². The van der Waals surface area contributed by atoms with E-state index in [0.29, 0.717) is 24.9 Å². The fourth-order valence-electron chi connectivity index (χ4n) is 3.25. The zero-order chi connectivity index (χ0) is 15.7. The highest BCUT2D eigenvalue weighted by Gasteiger charge is 2.32. The summed E-state index contributed by atoms with van der Waals surface area (Å²) in [6.07, 6.45) is 3.96. The highest BCUT2D eigenvalue weighted by atomic mass is 16.4. The van der Waals surface area contributed by atoms with Crippen LogP contribution in [0, 0.1) is 13.8 Å². The first-order chi connectivity index (χ1) is 10.5. The van der Waals surface area contributed by atoms with Crippen LogP contribution in [0.5, 0.6) is 0 Å². The van der Waals surface area contributed by atoms with Crippen molar-refractivity contribution in [2.45, 2.75) is 51.7 Å². The summed E-state index contributed by atoms with van der Waals surface area (Å²) in [6, 6.07) is 1.90. The van der Waals surface area contributed by atoms with Crippen molar-refractivity contribution in [3.8, 4) is 11.5 Å². The topological polar surface area (TPSA) is 75.5 Å². The van der Waals surface area contributed by atoms with Gasteiger partial charge in [-0.25, -0.2) is 0 Å². The molecule has 1 saturated carbocycles. The van der Waals surface area contributed by atoms with Crippen molar-refractivity contribution in [2.75, 3.05) is 13.6 Å². The first kappa shape index (κ1) is 15.2. The summed E-state index contributed by atoms with van der Waals surface area (Å²) in [5, 5.41) is 18.6. The number of aliphatic hydroxyl groups is 1. The molecule has 1 aliphatic rings. The molecule has 22 heavy (non-hydrogen) atoms. The second-order valence-corrected chi connectivity index (χ2v) is 6.43. The summed E-state index contributed by atoms with van der Waals surface area (Å²) < 4.78 is 11.2. The molecule has 0 aliphatic heterocycles. The molecule has 0 atom stereocenters. The maximum atomic E-state index is 10.4. The van der Waals surface area contributed by atoms with Gasteiger partial charge < -0.3 is 13.9 Å². The summed E-state index contributed by atoms with van der Waals surface area (Å²) in [5.41, 5.74) is 0.281. The first-order valence-electron chi connectivity index (χ1n) is 7.76. The zero-order valence-electron chi connectivity index (χ0n) is 13.4. The van der Waals surface area contributed by atoms with Crippen LogP contribution in [0.3, 0.4) is 0 Å². The molecule has 0 unspecified atom stereocenters. The van der Waals surface area contributed by atoms with Gasteiger partial charge in [0.2, 0.25) is 5.89 Å². The van der Waals surface area contributed by atoms with E-state index >= 15 is 0 Å². The third-order valence-electron chi connectivity index (χ3n) is 4.24. The third kappa shape index (κ3) is 3.23. The van der Waals surface area contributed by atoms with Crippen LogP contribution in [0.15, 0.2) is 14.9 Å². The predicted molar refractivity (Wildman–Crippen MR) is 81.2 cm³/mol. The zero-order valence-corrected chi connectivity index (χ0v) is 13.4. The largest absolute Gasteiger partial charge is 0.466 e. The fourth-order valence-corrected chi connectivity index (χ4v) is 3.25. The van der Waals surface area contributed by atoms with Crippen LogP contribution in [0.1, 0.15) is 43.1 Å². The van der Waals surface area contributed by atoms with Crippen LogP contribution < -0.4 is 0 Å². The van der Waals surface area contributed by atoms with E-state index in [1.165, 1.54) is 0 Å². The summed E-state index contributed by atoms with van der Waals surface area (Å²) in [5.74, 6) is 2.64. The first-order valence-corrected chi connectivity index (χ1v) is 7.76. The van der Waals surface area contributed by atoms with Gasteiger partial charge in [-0.15, -0.1) is 10.2 Å². The van der Waals surface area contributed by atoms with Crippen LogP contribution in [-0.2, 0) is 6.54 Å². The molecule has 0 bridgehead atoms. The molecule has 2 aromatic heterocycles. The average molecular weight is 305 g/mol. The van der Waals surface area contributed by atoms with E-state index in [1.54, 1.807) is 0 Å². The Labute approximate surface area is 130 Å². The Bertz CT molecular complexity index is 641. The standard InChI is InChI=1S/C16H23N3O3/c1-11-8-13(12(2)21-11)15-18-17-14(22-15)9-19(3)10-16(20)6-4-5-7-16/h8,20H,4-7,9-10H2,1-3H3. The molecule has 120 valence electrons. The number of hydrogen-bond donors (Lipinski definition) is 1. The smallest absolute Gasteiger partial charge is 0.251 e. The highest BCUT2D eigenvalue weighted by Crippen LogP contribution is 2.30. The number of likely N-dealkylation sites (N-methyl/N-ethyl adjacent to an activating group) is 1. The van der Waals surface area contributed by atoms with Crippen LogP contribution >= 0.6 is 0 Å². The lowest BCUT2D eigenvalue weighted by Gasteiger charge is -2.27. The van der Waals surface area contributed by atoms with E-state index in [-0.39, 0.29) is 0 Å². The molecule has 0 spiro atoms. The maximum absolute atomic E-state index is 10.4. The van der Waals surface area contributed by atoms with Crippen LogP contribution in [0.4, 0.5) is 0 Å². The van der Waals surface area contributed by atoms with E-state index in [0.717, 1.165) is 42.8 Å². The van der Waals surface area contributed by atoms with Crippen molar-refractivity contribution >= 4 is 0 Å². The van der Waals surface area contributed by atoms with E-state index in [1.807, 2.05) is 31.9 Å². The van der Waals surface area contributed by atoms with Gasteiger partial charge in [0, 0.05) is 6.54 Å². The molecule has 0 saturated heterocycles. The summed E-state index contributed by atoms with van der Waals surface area (Å²) in [7, 11) is 1.97. The van der Waals surface area contributed by atoms with Gasteiger partial charge in [-0.1, -0.05) is 12.8 Å². The van der Waals surface area contributed by atoms with Gasteiger partial charge in [-0.05, 0) is 39.8 Å². The maximum Gasteiger partial charge on any atom is 0.251 e. The summed E-state index contributed by atoms with van der Waals surface area (Å²) in [4.78, 5) is 2.04. The van der Waals surface area contributed by atoms with E-state index in [2.05, 4.69) is 10.2 Å². The Morgan fingerprint density at radius 2 is 1.95 bits per heavy atom. The Morgan fingerprint density at radius 3 is 2.59 bits per heavy atom. The van der Waals surface area contributed by atoms with Gasteiger partial charge in [0.15, 0.2) is 0 Å². The lowest BCUT2D eigenvalue weighted by Crippen LogP contribution is -2.38. The highest BCUT2D eigenvalue weighted by molar-refractivity contribution is 5.55. The molecular weight excluding hydrogens is 282 g/mol. The average Bonchev–Trinajstić information content (AvgIpc) is 3.11. The Morgan fingerprint density at radius 1 is 1.23 bits per heavy atom. The molecule has 0 radical (unpaired) electrons. The van der Waals surface area contributed by atoms with Crippen molar-refractivity contribution in [3.63, 3.8) is 0 Å². The van der Waals surface area contributed by atoms with E-state index in [9.17, 15) is 5.11 Å². The molecule has 1 N–H and O–H groups in total. The third-order valence-corrected chi connectivity index (χ3v) is 4.24. The van der Waals surface area contributed by atoms with Gasteiger partial charge in [0.25, 0.3) is 5.89 Å². The number of nitrogens with zero attached hydrogens (tertiary/aromatic N) is 3. The normalized spacial score (nSPS) is 17.5.